The van der Waals surface area contributed by atoms with Gasteiger partial charge in [-0.3, -0.25) is 14.9 Å². The molecule has 0 aliphatic carbocycles. The highest BCUT2D eigenvalue weighted by molar-refractivity contribution is 5.76. The Balaban J connectivity index is 2.48. The summed E-state index contributed by atoms with van der Waals surface area (Å²) in [7, 11) is 0. The Bertz CT molecular complexity index is 629. The van der Waals surface area contributed by atoms with Gasteiger partial charge in [-0.25, -0.2) is 9.37 Å². The van der Waals surface area contributed by atoms with Gasteiger partial charge in [-0.15, -0.1) is 0 Å². The van der Waals surface area contributed by atoms with Crippen LogP contribution < -0.4 is 5.32 Å². The number of halogens is 1. The SMILES string of the molecule is O=CNc1nc(-c2ccc(F)cc2)ccc1[N+](=O)[O-]. The van der Waals surface area contributed by atoms with Crippen LogP contribution in [0.4, 0.5) is 15.9 Å². The van der Waals surface area contributed by atoms with E-state index >= 15 is 0 Å². The summed E-state index contributed by atoms with van der Waals surface area (Å²) < 4.78 is 12.8. The molecule has 0 unspecified atom stereocenters. The molecule has 1 amide bonds. The molecule has 1 N–H and O–H groups in total. The third-order valence-electron chi connectivity index (χ3n) is 2.41. The van der Waals surface area contributed by atoms with E-state index in [-0.39, 0.29) is 11.5 Å². The Morgan fingerprint density at radius 2 is 1.89 bits per heavy atom. The Morgan fingerprint density at radius 1 is 1.21 bits per heavy atom. The van der Waals surface area contributed by atoms with Crippen molar-refractivity contribution in [3.05, 3.63) is 52.3 Å². The molecular weight excluding hydrogens is 253 g/mol. The molecule has 2 aromatic rings. The molecule has 0 radical (unpaired) electrons. The molecule has 0 spiro atoms. The molecule has 1 aromatic heterocycles. The first kappa shape index (κ1) is 12.6. The lowest BCUT2D eigenvalue weighted by Gasteiger charge is -2.04. The predicted octanol–water partition coefficient (Wildman–Crippen LogP) is 2.36. The molecule has 0 aliphatic rings. The van der Waals surface area contributed by atoms with Crippen molar-refractivity contribution < 1.29 is 14.1 Å². The summed E-state index contributed by atoms with van der Waals surface area (Å²) in [6, 6.07) is 8.16. The first-order valence-electron chi connectivity index (χ1n) is 5.23. The molecule has 0 atom stereocenters. The van der Waals surface area contributed by atoms with Gasteiger partial charge in [-0.2, -0.15) is 0 Å². The van der Waals surface area contributed by atoms with E-state index in [4.69, 9.17) is 0 Å². The number of benzene rings is 1. The predicted molar refractivity (Wildman–Crippen MR) is 66.0 cm³/mol. The van der Waals surface area contributed by atoms with Crippen LogP contribution in [-0.4, -0.2) is 16.3 Å². The molecule has 0 bridgehead atoms. The number of nitro groups is 1. The third-order valence-corrected chi connectivity index (χ3v) is 2.41. The number of rotatable bonds is 4. The van der Waals surface area contributed by atoms with E-state index in [0.717, 1.165) is 0 Å². The first-order chi connectivity index (χ1) is 9.11. The summed E-state index contributed by atoms with van der Waals surface area (Å²) >= 11 is 0. The van der Waals surface area contributed by atoms with Gasteiger partial charge in [0, 0.05) is 11.6 Å². The van der Waals surface area contributed by atoms with Crippen molar-refractivity contribution in [3.8, 4) is 11.3 Å². The van der Waals surface area contributed by atoms with E-state index < -0.39 is 10.7 Å². The van der Waals surface area contributed by atoms with Gasteiger partial charge in [0.05, 0.1) is 10.6 Å². The summed E-state index contributed by atoms with van der Waals surface area (Å²) in [6.45, 7) is 0. The highest BCUT2D eigenvalue weighted by atomic mass is 19.1. The number of anilines is 1. The summed E-state index contributed by atoms with van der Waals surface area (Å²) in [5.41, 5.74) is 0.679. The molecule has 7 heteroatoms. The quantitative estimate of drug-likeness (QED) is 0.520. The molecule has 0 saturated heterocycles. The van der Waals surface area contributed by atoms with E-state index in [1.807, 2.05) is 0 Å². The fourth-order valence-electron chi connectivity index (χ4n) is 1.54. The molecule has 1 aromatic carbocycles. The van der Waals surface area contributed by atoms with Gasteiger partial charge >= 0.3 is 5.69 Å². The van der Waals surface area contributed by atoms with Crippen LogP contribution in [0, 0.1) is 15.9 Å². The Hall–Kier alpha value is -2.83. The normalized spacial score (nSPS) is 9.95. The molecule has 96 valence electrons. The van der Waals surface area contributed by atoms with Crippen molar-refractivity contribution in [1.29, 1.82) is 0 Å². The minimum Gasteiger partial charge on any atom is -0.308 e. The number of carbonyl (C=O) groups is 1. The zero-order valence-electron chi connectivity index (χ0n) is 9.54. The highest BCUT2D eigenvalue weighted by Gasteiger charge is 2.16. The fourth-order valence-corrected chi connectivity index (χ4v) is 1.54. The number of nitrogens with one attached hydrogen (secondary N) is 1. The van der Waals surface area contributed by atoms with E-state index in [1.165, 1.54) is 36.4 Å². The summed E-state index contributed by atoms with van der Waals surface area (Å²) in [4.78, 5) is 24.5. The van der Waals surface area contributed by atoms with E-state index in [9.17, 15) is 19.3 Å². The topological polar surface area (TPSA) is 85.1 Å². The fraction of sp³-hybridized carbons (Fsp3) is 0. The number of amides is 1. The van der Waals surface area contributed by atoms with Gasteiger partial charge in [0.2, 0.25) is 12.2 Å². The summed E-state index contributed by atoms with van der Waals surface area (Å²) in [5, 5.41) is 12.9. The van der Waals surface area contributed by atoms with E-state index in [2.05, 4.69) is 10.3 Å². The van der Waals surface area contributed by atoms with Crippen molar-refractivity contribution >= 4 is 17.9 Å². The minimum absolute atomic E-state index is 0.151. The van der Waals surface area contributed by atoms with Crippen LogP contribution in [-0.2, 0) is 4.79 Å². The van der Waals surface area contributed by atoms with Gasteiger partial charge in [0.1, 0.15) is 5.82 Å². The van der Waals surface area contributed by atoms with E-state index in [0.29, 0.717) is 17.7 Å². The second-order valence-corrected chi connectivity index (χ2v) is 3.59. The number of nitrogens with zero attached hydrogens (tertiary/aromatic N) is 2. The Labute approximate surface area is 107 Å². The standard InChI is InChI=1S/C12H8FN3O3/c13-9-3-1-8(2-4-9)10-5-6-11(16(18)19)12(15-10)14-7-17/h1-7H,(H,14,15,17). The average molecular weight is 261 g/mol. The lowest BCUT2D eigenvalue weighted by atomic mass is 10.1. The van der Waals surface area contributed by atoms with Crippen LogP contribution >= 0.6 is 0 Å². The monoisotopic (exact) mass is 261 g/mol. The number of carbonyl (C=O) groups excluding carboxylic acids is 1. The largest absolute Gasteiger partial charge is 0.311 e. The first-order valence-corrected chi connectivity index (χ1v) is 5.23. The van der Waals surface area contributed by atoms with Gasteiger partial charge < -0.3 is 5.32 Å². The maximum atomic E-state index is 12.8. The third kappa shape index (κ3) is 2.71. The van der Waals surface area contributed by atoms with Crippen molar-refractivity contribution in [2.24, 2.45) is 0 Å². The average Bonchev–Trinajstić information content (AvgIpc) is 2.39. The van der Waals surface area contributed by atoms with Crippen LogP contribution in [0.5, 0.6) is 0 Å². The van der Waals surface area contributed by atoms with Gasteiger partial charge in [-0.1, -0.05) is 0 Å². The second-order valence-electron chi connectivity index (χ2n) is 3.59. The number of pyridine rings is 1. The summed E-state index contributed by atoms with van der Waals surface area (Å²) in [5.74, 6) is -0.543. The maximum absolute atomic E-state index is 12.8. The molecule has 1 heterocycles. The van der Waals surface area contributed by atoms with Gasteiger partial charge in [0.25, 0.3) is 0 Å². The molecule has 0 aliphatic heterocycles. The summed E-state index contributed by atoms with van der Waals surface area (Å²) in [6.07, 6.45) is 0.309. The zero-order chi connectivity index (χ0) is 13.8. The van der Waals surface area contributed by atoms with Crippen molar-refractivity contribution in [2.45, 2.75) is 0 Å². The smallest absolute Gasteiger partial charge is 0.308 e. The zero-order valence-corrected chi connectivity index (χ0v) is 9.54. The Morgan fingerprint density at radius 3 is 2.47 bits per heavy atom. The van der Waals surface area contributed by atoms with Crippen LogP contribution in [0.15, 0.2) is 36.4 Å². The molecule has 0 fully saturated rings. The molecule has 19 heavy (non-hydrogen) atoms. The van der Waals surface area contributed by atoms with Crippen LogP contribution in [0.25, 0.3) is 11.3 Å². The molecular formula is C12H8FN3O3. The number of aromatic nitrogens is 1. The van der Waals surface area contributed by atoms with Crippen LogP contribution in [0.3, 0.4) is 0 Å². The Kier molecular flexibility index (Phi) is 3.46. The lowest BCUT2D eigenvalue weighted by molar-refractivity contribution is -0.384. The van der Waals surface area contributed by atoms with Gasteiger partial charge in [-0.05, 0) is 30.3 Å². The van der Waals surface area contributed by atoms with Crippen molar-refractivity contribution in [1.82, 2.24) is 4.98 Å². The van der Waals surface area contributed by atoms with Crippen molar-refractivity contribution in [2.75, 3.05) is 5.32 Å². The molecule has 6 nitrogen and oxygen atoms in total. The van der Waals surface area contributed by atoms with Crippen LogP contribution in [0.2, 0.25) is 0 Å². The minimum atomic E-state index is -0.646. The maximum Gasteiger partial charge on any atom is 0.311 e. The second kappa shape index (κ2) is 5.21. The van der Waals surface area contributed by atoms with Gasteiger partial charge in [0.15, 0.2) is 0 Å². The molecule has 2 rings (SSSR count). The number of hydrogen-bond acceptors (Lipinski definition) is 4. The van der Waals surface area contributed by atoms with E-state index in [1.54, 1.807) is 0 Å². The lowest BCUT2D eigenvalue weighted by Crippen LogP contribution is -2.02. The number of hydrogen-bond donors (Lipinski definition) is 1. The molecule has 0 saturated carbocycles. The van der Waals surface area contributed by atoms with Crippen LogP contribution in [0.1, 0.15) is 0 Å². The van der Waals surface area contributed by atoms with Crippen molar-refractivity contribution in [3.63, 3.8) is 0 Å². The highest BCUT2D eigenvalue weighted by Crippen LogP contribution is 2.26.